The van der Waals surface area contributed by atoms with Crippen LogP contribution in [-0.2, 0) is 18.3 Å². The summed E-state index contributed by atoms with van der Waals surface area (Å²) in [5, 5.41) is 6.31. The second kappa shape index (κ2) is 5.43. The monoisotopic (exact) mass is 306 g/mol. The van der Waals surface area contributed by atoms with Crippen molar-refractivity contribution in [3.63, 3.8) is 0 Å². The summed E-state index contributed by atoms with van der Waals surface area (Å²) in [6, 6.07) is 15.6. The number of aromatic nitrogens is 2. The number of rotatable bonds is 2. The van der Waals surface area contributed by atoms with Gasteiger partial charge in [0.2, 0.25) is 11.9 Å². The third-order valence-corrected chi connectivity index (χ3v) is 4.38. The first kappa shape index (κ1) is 13.8. The largest absolute Gasteiger partial charge is 0.344 e. The highest BCUT2D eigenvalue weighted by Gasteiger charge is 2.24. The van der Waals surface area contributed by atoms with E-state index < -0.39 is 0 Å². The Balaban J connectivity index is 1.61. The summed E-state index contributed by atoms with van der Waals surface area (Å²) in [7, 11) is 1.96. The quantitative estimate of drug-likeness (QED) is 0.765. The van der Waals surface area contributed by atoms with Crippen LogP contribution in [0.25, 0.3) is 11.0 Å². The van der Waals surface area contributed by atoms with Crippen molar-refractivity contribution in [2.24, 2.45) is 7.05 Å². The van der Waals surface area contributed by atoms with Gasteiger partial charge in [0.1, 0.15) is 6.04 Å². The Bertz CT molecular complexity index is 884. The number of aryl methyl sites for hydroxylation is 2. The maximum Gasteiger partial charge on any atom is 0.246 e. The predicted molar refractivity (Wildman–Crippen MR) is 91.5 cm³/mol. The Labute approximate surface area is 134 Å². The predicted octanol–water partition coefficient (Wildman–Crippen LogP) is 2.94. The van der Waals surface area contributed by atoms with Crippen molar-refractivity contribution in [3.05, 3.63) is 54.1 Å². The summed E-state index contributed by atoms with van der Waals surface area (Å²) in [5.74, 6) is 0.708. The first-order valence-electron chi connectivity index (χ1n) is 7.79. The topological polar surface area (TPSA) is 59.0 Å². The smallest absolute Gasteiger partial charge is 0.246 e. The molecule has 1 amide bonds. The molecule has 0 aliphatic carbocycles. The Hall–Kier alpha value is -2.82. The Morgan fingerprint density at radius 3 is 2.83 bits per heavy atom. The highest BCUT2D eigenvalue weighted by atomic mass is 16.2. The van der Waals surface area contributed by atoms with Crippen molar-refractivity contribution in [2.75, 3.05) is 10.6 Å². The van der Waals surface area contributed by atoms with Crippen molar-refractivity contribution in [3.8, 4) is 0 Å². The number of hydrogen-bond acceptors (Lipinski definition) is 3. The molecule has 116 valence electrons. The van der Waals surface area contributed by atoms with Gasteiger partial charge < -0.3 is 15.2 Å². The summed E-state index contributed by atoms with van der Waals surface area (Å²) in [5.41, 5.74) is 4.06. The lowest BCUT2D eigenvalue weighted by Gasteiger charge is -2.15. The second-order valence-electron chi connectivity index (χ2n) is 5.87. The van der Waals surface area contributed by atoms with E-state index in [2.05, 4.69) is 21.7 Å². The third kappa shape index (κ3) is 2.44. The molecule has 0 spiro atoms. The van der Waals surface area contributed by atoms with Crippen molar-refractivity contribution in [1.29, 1.82) is 0 Å². The summed E-state index contributed by atoms with van der Waals surface area (Å²) in [6.45, 7) is 0. The second-order valence-corrected chi connectivity index (χ2v) is 5.87. The molecule has 0 radical (unpaired) electrons. The van der Waals surface area contributed by atoms with Gasteiger partial charge in [0.15, 0.2) is 0 Å². The zero-order chi connectivity index (χ0) is 15.8. The van der Waals surface area contributed by atoms with E-state index in [1.807, 2.05) is 54.1 Å². The van der Waals surface area contributed by atoms with Gasteiger partial charge in [-0.05, 0) is 36.6 Å². The third-order valence-electron chi connectivity index (χ3n) is 4.38. The zero-order valence-corrected chi connectivity index (χ0v) is 12.9. The van der Waals surface area contributed by atoms with Gasteiger partial charge in [-0.25, -0.2) is 4.98 Å². The van der Waals surface area contributed by atoms with Crippen LogP contribution in [0, 0.1) is 0 Å². The van der Waals surface area contributed by atoms with E-state index in [0.717, 1.165) is 35.5 Å². The van der Waals surface area contributed by atoms with Gasteiger partial charge in [-0.3, -0.25) is 4.79 Å². The lowest BCUT2D eigenvalue weighted by molar-refractivity contribution is -0.116. The first-order valence-corrected chi connectivity index (χ1v) is 7.79. The van der Waals surface area contributed by atoms with Gasteiger partial charge in [-0.2, -0.15) is 0 Å². The summed E-state index contributed by atoms with van der Waals surface area (Å²) >= 11 is 0. The molecule has 1 aromatic heterocycles. The molecule has 0 saturated heterocycles. The summed E-state index contributed by atoms with van der Waals surface area (Å²) in [6.07, 6.45) is 1.60. The fourth-order valence-electron chi connectivity index (χ4n) is 3.08. The van der Waals surface area contributed by atoms with Crippen molar-refractivity contribution >= 4 is 28.6 Å². The van der Waals surface area contributed by atoms with Crippen LogP contribution >= 0.6 is 0 Å². The fourth-order valence-corrected chi connectivity index (χ4v) is 3.08. The summed E-state index contributed by atoms with van der Waals surface area (Å²) < 4.78 is 1.99. The molecule has 1 aliphatic rings. The molecule has 0 saturated carbocycles. The molecule has 23 heavy (non-hydrogen) atoms. The molecular weight excluding hydrogens is 288 g/mol. The molecule has 1 aliphatic heterocycles. The van der Waals surface area contributed by atoms with Gasteiger partial charge in [-0.1, -0.05) is 30.3 Å². The molecule has 0 bridgehead atoms. The van der Waals surface area contributed by atoms with Crippen LogP contribution in [0.5, 0.6) is 0 Å². The van der Waals surface area contributed by atoms with Crippen LogP contribution in [0.1, 0.15) is 12.0 Å². The van der Waals surface area contributed by atoms with Crippen LogP contribution in [0.4, 0.5) is 11.6 Å². The number of fused-ring (bicyclic) bond motifs is 2. The molecule has 1 atom stereocenters. The average Bonchev–Trinajstić information content (AvgIpc) is 2.79. The molecule has 5 heteroatoms. The van der Waals surface area contributed by atoms with Gasteiger partial charge >= 0.3 is 0 Å². The molecule has 1 unspecified atom stereocenters. The number of amides is 1. The van der Waals surface area contributed by atoms with E-state index in [9.17, 15) is 4.79 Å². The number of anilines is 2. The SMILES string of the molecule is Cn1c(NC2CCc3ccccc3NC2=O)nc2ccccc21. The minimum Gasteiger partial charge on any atom is -0.344 e. The highest BCUT2D eigenvalue weighted by Crippen LogP contribution is 2.24. The highest BCUT2D eigenvalue weighted by molar-refractivity contribution is 5.98. The molecule has 2 heterocycles. The zero-order valence-electron chi connectivity index (χ0n) is 12.9. The molecule has 5 nitrogen and oxygen atoms in total. The minimum atomic E-state index is -0.294. The van der Waals surface area contributed by atoms with Gasteiger partial charge in [0.05, 0.1) is 11.0 Å². The molecular formula is C18H18N4O. The Morgan fingerprint density at radius 2 is 1.96 bits per heavy atom. The van der Waals surface area contributed by atoms with Gasteiger partial charge in [0, 0.05) is 12.7 Å². The Kier molecular flexibility index (Phi) is 3.26. The first-order chi connectivity index (χ1) is 11.2. The molecule has 4 rings (SSSR count). The number of imidazole rings is 1. The van der Waals surface area contributed by atoms with E-state index in [-0.39, 0.29) is 11.9 Å². The summed E-state index contributed by atoms with van der Waals surface area (Å²) in [4.78, 5) is 17.1. The molecule has 0 fully saturated rings. The van der Waals surface area contributed by atoms with E-state index in [1.54, 1.807) is 0 Å². The van der Waals surface area contributed by atoms with Gasteiger partial charge in [0.25, 0.3) is 0 Å². The van der Waals surface area contributed by atoms with Crippen LogP contribution < -0.4 is 10.6 Å². The van der Waals surface area contributed by atoms with Crippen LogP contribution in [0.2, 0.25) is 0 Å². The molecule has 2 N–H and O–H groups in total. The standard InChI is InChI=1S/C18H18N4O/c1-22-16-9-5-4-8-14(16)20-18(22)21-15-11-10-12-6-2-3-7-13(12)19-17(15)23/h2-9,15H,10-11H2,1H3,(H,19,23)(H,20,21). The molecule has 3 aromatic rings. The fraction of sp³-hybridized carbons (Fsp3) is 0.222. The van der Waals surface area contributed by atoms with E-state index in [4.69, 9.17) is 0 Å². The number of benzene rings is 2. The number of nitrogens with one attached hydrogen (secondary N) is 2. The van der Waals surface area contributed by atoms with E-state index >= 15 is 0 Å². The van der Waals surface area contributed by atoms with Crippen molar-refractivity contribution in [2.45, 2.75) is 18.9 Å². The van der Waals surface area contributed by atoms with Crippen LogP contribution in [0.15, 0.2) is 48.5 Å². The van der Waals surface area contributed by atoms with E-state index in [0.29, 0.717) is 0 Å². The number of carbonyl (C=O) groups is 1. The Morgan fingerprint density at radius 1 is 1.17 bits per heavy atom. The van der Waals surface area contributed by atoms with Crippen LogP contribution in [-0.4, -0.2) is 21.5 Å². The number of para-hydroxylation sites is 3. The maximum absolute atomic E-state index is 12.5. The van der Waals surface area contributed by atoms with Gasteiger partial charge in [-0.15, -0.1) is 0 Å². The molecule has 2 aromatic carbocycles. The average molecular weight is 306 g/mol. The van der Waals surface area contributed by atoms with Crippen LogP contribution in [0.3, 0.4) is 0 Å². The van der Waals surface area contributed by atoms with Crippen molar-refractivity contribution < 1.29 is 4.79 Å². The minimum absolute atomic E-state index is 0.0120. The van der Waals surface area contributed by atoms with Crippen molar-refractivity contribution in [1.82, 2.24) is 9.55 Å². The number of carbonyl (C=O) groups excluding carboxylic acids is 1. The normalized spacial score (nSPS) is 17.4. The van der Waals surface area contributed by atoms with E-state index in [1.165, 1.54) is 5.56 Å². The maximum atomic E-state index is 12.5. The lowest BCUT2D eigenvalue weighted by atomic mass is 10.1. The lowest BCUT2D eigenvalue weighted by Crippen LogP contribution is -2.34. The number of nitrogens with zero attached hydrogens (tertiary/aromatic N) is 2. The number of hydrogen-bond donors (Lipinski definition) is 2.